The Morgan fingerprint density at radius 1 is 0.947 bits per heavy atom. The Bertz CT molecular complexity index is 536. The summed E-state index contributed by atoms with van der Waals surface area (Å²) in [6.07, 6.45) is 6.47. The number of fused-ring (bicyclic) bond motifs is 2. The van der Waals surface area contributed by atoms with Crippen LogP contribution in [0.2, 0.25) is 0 Å². The molecule has 2 saturated heterocycles. The van der Waals surface area contributed by atoms with Crippen LogP contribution in [0.15, 0.2) is 29.2 Å². The van der Waals surface area contributed by atoms with E-state index in [0.29, 0.717) is 4.90 Å². The third-order valence-corrected chi connectivity index (χ3v) is 6.49. The molecule has 0 spiro atoms. The molecule has 2 bridgehead atoms. The minimum Gasteiger partial charge on any atom is -0.207 e. The highest BCUT2D eigenvalue weighted by molar-refractivity contribution is 7.89. The summed E-state index contributed by atoms with van der Waals surface area (Å²) < 4.78 is 27.5. The van der Waals surface area contributed by atoms with Gasteiger partial charge in [-0.25, -0.2) is 8.42 Å². The lowest BCUT2D eigenvalue weighted by Crippen LogP contribution is -2.39. The third-order valence-electron chi connectivity index (χ3n) is 4.47. The lowest BCUT2D eigenvalue weighted by atomic mass is 10.0. The number of benzene rings is 1. The second kappa shape index (κ2) is 4.91. The molecule has 2 aliphatic rings. The number of nitrogens with zero attached hydrogens (tertiary/aromatic N) is 1. The maximum Gasteiger partial charge on any atom is 0.243 e. The Labute approximate surface area is 115 Å². The standard InChI is InChI=1S/C15H21NO2S/c1-12-6-10-15(11-7-12)19(17,18)16-13-4-2-3-5-14(16)9-8-13/h6-7,10-11,13-14H,2-5,8-9H2,1H3. The first-order valence-corrected chi connectivity index (χ1v) is 8.63. The average molecular weight is 279 g/mol. The highest BCUT2D eigenvalue weighted by Crippen LogP contribution is 2.38. The Balaban J connectivity index is 1.97. The monoisotopic (exact) mass is 279 g/mol. The molecule has 0 aromatic heterocycles. The van der Waals surface area contributed by atoms with Gasteiger partial charge in [-0.2, -0.15) is 4.31 Å². The smallest absolute Gasteiger partial charge is 0.207 e. The second-order valence-corrected chi connectivity index (χ2v) is 7.66. The highest BCUT2D eigenvalue weighted by atomic mass is 32.2. The van der Waals surface area contributed by atoms with E-state index in [9.17, 15) is 8.42 Å². The average Bonchev–Trinajstić information content (AvgIpc) is 2.64. The van der Waals surface area contributed by atoms with E-state index in [2.05, 4.69) is 0 Å². The van der Waals surface area contributed by atoms with E-state index in [0.717, 1.165) is 31.2 Å². The fraction of sp³-hybridized carbons (Fsp3) is 0.600. The number of hydrogen-bond donors (Lipinski definition) is 0. The predicted molar refractivity (Wildman–Crippen MR) is 75.5 cm³/mol. The van der Waals surface area contributed by atoms with Crippen molar-refractivity contribution >= 4 is 10.0 Å². The zero-order chi connectivity index (χ0) is 13.5. The molecule has 1 aromatic carbocycles. The summed E-state index contributed by atoms with van der Waals surface area (Å²) in [5.41, 5.74) is 1.10. The van der Waals surface area contributed by atoms with Crippen molar-refractivity contribution in [1.82, 2.24) is 4.31 Å². The van der Waals surface area contributed by atoms with Gasteiger partial charge in [0.05, 0.1) is 4.90 Å². The molecular weight excluding hydrogens is 258 g/mol. The van der Waals surface area contributed by atoms with Gasteiger partial charge in [-0.3, -0.25) is 0 Å². The molecular formula is C15H21NO2S. The molecule has 3 rings (SSSR count). The Morgan fingerprint density at radius 2 is 1.47 bits per heavy atom. The normalized spacial score (nSPS) is 28.3. The maximum absolute atomic E-state index is 12.8. The van der Waals surface area contributed by atoms with E-state index in [4.69, 9.17) is 0 Å². The molecule has 2 fully saturated rings. The molecule has 104 valence electrons. The van der Waals surface area contributed by atoms with Crippen molar-refractivity contribution < 1.29 is 8.42 Å². The molecule has 0 N–H and O–H groups in total. The highest BCUT2D eigenvalue weighted by Gasteiger charge is 2.42. The van der Waals surface area contributed by atoms with Gasteiger partial charge in [-0.05, 0) is 44.7 Å². The van der Waals surface area contributed by atoms with Gasteiger partial charge in [0.2, 0.25) is 10.0 Å². The van der Waals surface area contributed by atoms with Gasteiger partial charge >= 0.3 is 0 Å². The lowest BCUT2D eigenvalue weighted by molar-refractivity contribution is 0.324. The predicted octanol–water partition coefficient (Wildman–Crippen LogP) is 3.09. The molecule has 0 radical (unpaired) electrons. The zero-order valence-electron chi connectivity index (χ0n) is 11.4. The Hall–Kier alpha value is -0.870. The van der Waals surface area contributed by atoms with Crippen LogP contribution in [0, 0.1) is 6.92 Å². The molecule has 2 unspecified atom stereocenters. The summed E-state index contributed by atoms with van der Waals surface area (Å²) in [7, 11) is -3.30. The van der Waals surface area contributed by atoms with Crippen molar-refractivity contribution in [2.75, 3.05) is 0 Å². The minimum absolute atomic E-state index is 0.235. The van der Waals surface area contributed by atoms with Gasteiger partial charge in [-0.1, -0.05) is 30.5 Å². The van der Waals surface area contributed by atoms with E-state index < -0.39 is 10.0 Å². The number of hydrogen-bond acceptors (Lipinski definition) is 2. The molecule has 3 nitrogen and oxygen atoms in total. The Kier molecular flexibility index (Phi) is 3.39. The van der Waals surface area contributed by atoms with Crippen molar-refractivity contribution in [3.8, 4) is 0 Å². The topological polar surface area (TPSA) is 37.4 Å². The van der Waals surface area contributed by atoms with Crippen LogP contribution >= 0.6 is 0 Å². The number of sulfonamides is 1. The van der Waals surface area contributed by atoms with Crippen LogP contribution in [-0.4, -0.2) is 24.8 Å². The van der Waals surface area contributed by atoms with Crippen molar-refractivity contribution in [2.45, 2.75) is 62.4 Å². The lowest BCUT2D eigenvalue weighted by Gasteiger charge is -2.27. The summed E-state index contributed by atoms with van der Waals surface area (Å²) in [5.74, 6) is 0. The molecule has 2 heterocycles. The summed E-state index contributed by atoms with van der Waals surface area (Å²) in [4.78, 5) is 0.455. The summed E-state index contributed by atoms with van der Waals surface area (Å²) >= 11 is 0. The fourth-order valence-corrected chi connectivity index (χ4v) is 5.40. The first-order valence-electron chi connectivity index (χ1n) is 7.19. The fourth-order valence-electron chi connectivity index (χ4n) is 3.46. The zero-order valence-corrected chi connectivity index (χ0v) is 12.2. The molecule has 0 saturated carbocycles. The molecule has 2 aliphatic heterocycles. The minimum atomic E-state index is -3.30. The SMILES string of the molecule is Cc1ccc(S(=O)(=O)N2C3CCCCC2CC3)cc1. The molecule has 0 aliphatic carbocycles. The summed E-state index contributed by atoms with van der Waals surface area (Å²) in [5, 5.41) is 0. The number of rotatable bonds is 2. The van der Waals surface area contributed by atoms with Crippen LogP contribution in [0.1, 0.15) is 44.1 Å². The largest absolute Gasteiger partial charge is 0.243 e. The molecule has 1 aromatic rings. The van der Waals surface area contributed by atoms with Crippen LogP contribution in [0.3, 0.4) is 0 Å². The van der Waals surface area contributed by atoms with E-state index in [1.165, 1.54) is 12.8 Å². The van der Waals surface area contributed by atoms with Crippen LogP contribution in [-0.2, 0) is 10.0 Å². The summed E-state index contributed by atoms with van der Waals surface area (Å²) in [6.45, 7) is 1.98. The first kappa shape index (κ1) is 13.1. The van der Waals surface area contributed by atoms with Gasteiger partial charge in [0.25, 0.3) is 0 Å². The quantitative estimate of drug-likeness (QED) is 0.834. The van der Waals surface area contributed by atoms with Gasteiger partial charge in [0.1, 0.15) is 0 Å². The van der Waals surface area contributed by atoms with Crippen molar-refractivity contribution in [1.29, 1.82) is 0 Å². The van der Waals surface area contributed by atoms with Crippen LogP contribution in [0.25, 0.3) is 0 Å². The molecule has 4 heteroatoms. The van der Waals surface area contributed by atoms with Gasteiger partial charge in [0.15, 0.2) is 0 Å². The van der Waals surface area contributed by atoms with E-state index in [1.807, 2.05) is 23.4 Å². The first-order chi connectivity index (χ1) is 9.09. The van der Waals surface area contributed by atoms with Gasteiger partial charge in [-0.15, -0.1) is 0 Å². The summed E-state index contributed by atoms with van der Waals surface area (Å²) in [6, 6.07) is 7.72. The van der Waals surface area contributed by atoms with Crippen LogP contribution < -0.4 is 0 Å². The Morgan fingerprint density at radius 3 is 2.00 bits per heavy atom. The molecule has 19 heavy (non-hydrogen) atoms. The second-order valence-electron chi connectivity index (χ2n) is 5.82. The van der Waals surface area contributed by atoms with E-state index in [1.54, 1.807) is 12.1 Å². The van der Waals surface area contributed by atoms with Gasteiger partial charge in [0, 0.05) is 12.1 Å². The van der Waals surface area contributed by atoms with Gasteiger partial charge < -0.3 is 0 Å². The molecule has 0 amide bonds. The van der Waals surface area contributed by atoms with Crippen LogP contribution in [0.4, 0.5) is 0 Å². The van der Waals surface area contributed by atoms with E-state index in [-0.39, 0.29) is 12.1 Å². The third kappa shape index (κ3) is 2.32. The van der Waals surface area contributed by atoms with E-state index >= 15 is 0 Å². The van der Waals surface area contributed by atoms with Crippen molar-refractivity contribution in [2.24, 2.45) is 0 Å². The van der Waals surface area contributed by atoms with Crippen molar-refractivity contribution in [3.63, 3.8) is 0 Å². The molecule has 2 atom stereocenters. The van der Waals surface area contributed by atoms with Crippen LogP contribution in [0.5, 0.6) is 0 Å². The van der Waals surface area contributed by atoms with Crippen molar-refractivity contribution in [3.05, 3.63) is 29.8 Å². The maximum atomic E-state index is 12.8. The number of aryl methyl sites for hydroxylation is 1.